The maximum Gasteiger partial charge on any atom is 0.407 e. The van der Waals surface area contributed by atoms with Crippen molar-refractivity contribution in [1.29, 1.82) is 0 Å². The number of unbranched alkanes of at least 4 members (excludes halogenated alkanes) is 3. The van der Waals surface area contributed by atoms with E-state index >= 15 is 0 Å². The predicted molar refractivity (Wildman–Crippen MR) is 163 cm³/mol. The second-order valence-electron chi connectivity index (χ2n) is 9.72. The molecule has 0 radical (unpaired) electrons. The van der Waals surface area contributed by atoms with E-state index in [0.29, 0.717) is 44.9 Å². The van der Waals surface area contributed by atoms with Crippen LogP contribution in [0, 0.1) is 0 Å². The number of methoxy groups -OCH3 is 1. The number of rotatable bonds is 22. The summed E-state index contributed by atoms with van der Waals surface area (Å²) in [4.78, 5) is 43.9. The minimum Gasteiger partial charge on any atom is -0.545 e. The summed E-state index contributed by atoms with van der Waals surface area (Å²) in [6.45, 7) is 10.7. The highest BCUT2D eigenvalue weighted by Crippen LogP contribution is 2.31. The van der Waals surface area contributed by atoms with Gasteiger partial charge in [0.05, 0.1) is 26.2 Å². The number of aliphatic carboxylic acids is 2. The third-order valence-electron chi connectivity index (χ3n) is 6.11. The first-order valence-electron chi connectivity index (χ1n) is 15.2. The molecular weight excluding hydrogens is 574 g/mol. The highest BCUT2D eigenvalue weighted by molar-refractivity contribution is 5.88. The zero-order chi connectivity index (χ0) is 33.0. The Morgan fingerprint density at radius 3 is 1.86 bits per heavy atom. The lowest BCUT2D eigenvalue weighted by molar-refractivity contribution is -0.900. The third kappa shape index (κ3) is 21.7. The fraction of sp³-hybridized carbons (Fsp3) is 0.613. The van der Waals surface area contributed by atoms with E-state index in [4.69, 9.17) is 24.1 Å². The molecule has 1 rings (SSSR count). The molecule has 0 heterocycles. The molecule has 2 amide bonds. The number of carbonyl (C=O) groups is 4. The number of amides is 2. The number of quaternary nitrogens is 1. The monoisotopic (exact) mass is 625 g/mol. The zero-order valence-corrected chi connectivity index (χ0v) is 26.6. The highest BCUT2D eigenvalue weighted by atomic mass is 16.6. The summed E-state index contributed by atoms with van der Waals surface area (Å²) >= 11 is 0. The average molecular weight is 626 g/mol. The molecule has 0 atom stereocenters. The Bertz CT molecular complexity index is 943. The minimum absolute atomic E-state index is 0.286. The molecule has 0 spiro atoms. The SMILES string of the molecule is CCCCNC(=O)OCC[NH+](CCOC(=O)NCCCC)CCc1cccc(OC)c1OCCCC.O=C([O-])/C=C\C(=O)O. The Morgan fingerprint density at radius 2 is 1.41 bits per heavy atom. The lowest BCUT2D eigenvalue weighted by Gasteiger charge is -2.21. The maximum atomic E-state index is 11.9. The third-order valence-corrected chi connectivity index (χ3v) is 6.11. The molecule has 0 aliphatic rings. The Kier molecular flexibility index (Phi) is 24.2. The summed E-state index contributed by atoms with van der Waals surface area (Å²) in [5.74, 6) is -1.29. The van der Waals surface area contributed by atoms with E-state index < -0.39 is 24.1 Å². The number of alkyl carbamates (subject to hydrolysis) is 2. The van der Waals surface area contributed by atoms with Crippen molar-refractivity contribution in [3.05, 3.63) is 35.9 Å². The summed E-state index contributed by atoms with van der Waals surface area (Å²) < 4.78 is 22.3. The normalized spacial score (nSPS) is 10.5. The molecule has 13 heteroatoms. The number of benzene rings is 1. The van der Waals surface area contributed by atoms with E-state index in [-0.39, 0.29) is 13.2 Å². The van der Waals surface area contributed by atoms with E-state index in [9.17, 15) is 24.3 Å². The van der Waals surface area contributed by atoms with Crippen LogP contribution in [0.3, 0.4) is 0 Å². The summed E-state index contributed by atoms with van der Waals surface area (Å²) in [5, 5.41) is 22.8. The van der Waals surface area contributed by atoms with Gasteiger partial charge in [0.1, 0.15) is 26.3 Å². The second kappa shape index (κ2) is 26.6. The van der Waals surface area contributed by atoms with Crippen LogP contribution in [0.2, 0.25) is 0 Å². The van der Waals surface area contributed by atoms with Gasteiger partial charge in [0, 0.05) is 31.1 Å². The topological polar surface area (TPSA) is 177 Å². The van der Waals surface area contributed by atoms with Crippen LogP contribution in [0.25, 0.3) is 0 Å². The average Bonchev–Trinajstić information content (AvgIpc) is 2.99. The highest BCUT2D eigenvalue weighted by Gasteiger charge is 2.16. The van der Waals surface area contributed by atoms with E-state index in [1.54, 1.807) is 7.11 Å². The van der Waals surface area contributed by atoms with Gasteiger partial charge < -0.3 is 49.5 Å². The summed E-state index contributed by atoms with van der Waals surface area (Å²) in [7, 11) is 1.65. The van der Waals surface area contributed by atoms with Gasteiger partial charge in [-0.1, -0.05) is 52.2 Å². The minimum atomic E-state index is -1.51. The number of nitrogens with one attached hydrogen (secondary N) is 3. The van der Waals surface area contributed by atoms with Crippen LogP contribution in [0.5, 0.6) is 11.5 Å². The van der Waals surface area contributed by atoms with Crippen molar-refractivity contribution in [2.24, 2.45) is 0 Å². The van der Waals surface area contributed by atoms with Crippen LogP contribution < -0.4 is 30.1 Å². The molecule has 0 saturated heterocycles. The van der Waals surface area contributed by atoms with Gasteiger partial charge in [-0.15, -0.1) is 0 Å². The number of carboxylic acids is 2. The van der Waals surface area contributed by atoms with Crippen LogP contribution in [0.4, 0.5) is 9.59 Å². The van der Waals surface area contributed by atoms with E-state index in [1.165, 1.54) is 4.90 Å². The number of para-hydroxylation sites is 1. The number of carboxylic acid groups (broad SMARTS) is 2. The van der Waals surface area contributed by atoms with Crippen molar-refractivity contribution in [3.8, 4) is 11.5 Å². The Labute approximate surface area is 260 Å². The van der Waals surface area contributed by atoms with Gasteiger partial charge in [0.15, 0.2) is 11.5 Å². The van der Waals surface area contributed by atoms with Crippen molar-refractivity contribution in [3.63, 3.8) is 0 Å². The van der Waals surface area contributed by atoms with Gasteiger partial charge >= 0.3 is 18.2 Å². The Balaban J connectivity index is 0.00000202. The molecule has 13 nitrogen and oxygen atoms in total. The van der Waals surface area contributed by atoms with Crippen LogP contribution >= 0.6 is 0 Å². The van der Waals surface area contributed by atoms with Crippen molar-refractivity contribution in [1.82, 2.24) is 10.6 Å². The molecule has 0 aromatic heterocycles. The van der Waals surface area contributed by atoms with Gasteiger partial charge in [0.25, 0.3) is 0 Å². The summed E-state index contributed by atoms with van der Waals surface area (Å²) in [6.07, 6.45) is 6.81. The molecule has 0 unspecified atom stereocenters. The molecule has 1 aromatic rings. The van der Waals surface area contributed by atoms with Gasteiger partial charge in [-0.3, -0.25) is 0 Å². The standard InChI is InChI=1S/C27H47N3O6.C4H4O4/c1-5-8-15-28-26(31)35-21-18-30(19-22-36-27(32)29-16-9-6-2)17-14-23-12-11-13-24(33-4)25(23)34-20-10-7-3;5-3(6)1-2-4(7)8/h11-13H,5-10,14-22H2,1-4H3,(H,28,31)(H,29,32);1-2H,(H,5,6)(H,7,8)/b;2-1-. The second-order valence-corrected chi connectivity index (χ2v) is 9.72. The molecule has 0 fully saturated rings. The molecule has 0 saturated carbocycles. The van der Waals surface area contributed by atoms with Crippen LogP contribution in [-0.2, 0) is 25.5 Å². The summed E-state index contributed by atoms with van der Waals surface area (Å²) in [6, 6.07) is 5.93. The van der Waals surface area contributed by atoms with E-state index in [1.807, 2.05) is 12.1 Å². The molecule has 0 aliphatic carbocycles. The Hall–Kier alpha value is -4.00. The number of ether oxygens (including phenoxy) is 4. The van der Waals surface area contributed by atoms with Crippen LogP contribution in [0.1, 0.15) is 64.9 Å². The predicted octanol–water partition coefficient (Wildman–Crippen LogP) is 1.73. The lowest BCUT2D eigenvalue weighted by Crippen LogP contribution is -3.13. The fourth-order valence-corrected chi connectivity index (χ4v) is 3.64. The molecule has 250 valence electrons. The zero-order valence-electron chi connectivity index (χ0n) is 26.6. The van der Waals surface area contributed by atoms with E-state index in [0.717, 1.165) is 68.6 Å². The fourth-order valence-electron chi connectivity index (χ4n) is 3.64. The number of carbonyl (C=O) groups excluding carboxylic acids is 3. The van der Waals surface area contributed by atoms with Crippen molar-refractivity contribution in [2.45, 2.75) is 65.7 Å². The number of hydrogen-bond acceptors (Lipinski definition) is 9. The lowest BCUT2D eigenvalue weighted by atomic mass is 10.1. The van der Waals surface area contributed by atoms with Crippen molar-refractivity contribution < 1.29 is 53.2 Å². The van der Waals surface area contributed by atoms with Crippen molar-refractivity contribution >= 4 is 24.1 Å². The van der Waals surface area contributed by atoms with Gasteiger partial charge in [-0.25, -0.2) is 14.4 Å². The smallest absolute Gasteiger partial charge is 0.407 e. The van der Waals surface area contributed by atoms with Crippen molar-refractivity contribution in [2.75, 3.05) is 59.7 Å². The molecule has 0 aliphatic heterocycles. The maximum absolute atomic E-state index is 11.9. The van der Waals surface area contributed by atoms with Gasteiger partial charge in [-0.05, 0) is 31.4 Å². The first-order chi connectivity index (χ1) is 21.2. The molecule has 4 N–H and O–H groups in total. The molecule has 0 bridgehead atoms. The van der Waals surface area contributed by atoms with Gasteiger partial charge in [0.2, 0.25) is 0 Å². The quantitative estimate of drug-likeness (QED) is 0.110. The molecular formula is C31H51N3O10. The first kappa shape index (κ1) is 40.0. The number of hydrogen-bond donors (Lipinski definition) is 4. The molecule has 1 aromatic carbocycles. The van der Waals surface area contributed by atoms with Crippen LogP contribution in [0.15, 0.2) is 30.4 Å². The van der Waals surface area contributed by atoms with Gasteiger partial charge in [-0.2, -0.15) is 0 Å². The first-order valence-corrected chi connectivity index (χ1v) is 15.2. The largest absolute Gasteiger partial charge is 0.545 e. The summed E-state index contributed by atoms with van der Waals surface area (Å²) in [5.41, 5.74) is 1.07. The molecule has 44 heavy (non-hydrogen) atoms. The van der Waals surface area contributed by atoms with Crippen LogP contribution in [-0.4, -0.2) is 88.9 Å². The van der Waals surface area contributed by atoms with E-state index in [2.05, 4.69) is 37.5 Å². The Morgan fingerprint density at radius 1 is 0.841 bits per heavy atom.